The maximum atomic E-state index is 10.8. The lowest BCUT2D eigenvalue weighted by molar-refractivity contribution is -0.136. The van der Waals surface area contributed by atoms with Crippen molar-refractivity contribution in [1.29, 1.82) is 0 Å². The number of carboxylic acids is 1. The summed E-state index contributed by atoms with van der Waals surface area (Å²) in [5.74, 6) is 0.627. The summed E-state index contributed by atoms with van der Waals surface area (Å²) < 4.78 is 0.00317. The minimum absolute atomic E-state index is 0.00317. The normalized spacial score (nSPS) is 31.7. The van der Waals surface area contributed by atoms with Gasteiger partial charge in [-0.05, 0) is 38.5 Å². The van der Waals surface area contributed by atoms with E-state index in [1.165, 1.54) is 6.42 Å². The summed E-state index contributed by atoms with van der Waals surface area (Å²) in [5.41, 5.74) is 0. The van der Waals surface area contributed by atoms with Crippen LogP contribution in [0.2, 0.25) is 0 Å². The van der Waals surface area contributed by atoms with Gasteiger partial charge in [-0.2, -0.15) is 0 Å². The third kappa shape index (κ3) is 3.55. The maximum Gasteiger partial charge on any atom is 0.316 e. The topological polar surface area (TPSA) is 37.3 Å². The van der Waals surface area contributed by atoms with Crippen LogP contribution in [0.5, 0.6) is 0 Å². The average Bonchev–Trinajstić information content (AvgIpc) is 2.17. The largest absolute Gasteiger partial charge is 0.480 e. The molecule has 3 unspecified atom stereocenters. The SMILES string of the molecule is CC(SC1(C)C=CC(C(C)C)CC1)C(=O)O. The van der Waals surface area contributed by atoms with Crippen molar-refractivity contribution >= 4 is 17.7 Å². The fraction of sp³-hybridized carbons (Fsp3) is 0.769. The Balaban J connectivity index is 2.61. The van der Waals surface area contributed by atoms with Crippen LogP contribution >= 0.6 is 11.8 Å². The van der Waals surface area contributed by atoms with Crippen LogP contribution in [-0.2, 0) is 4.79 Å². The predicted octanol–water partition coefficient (Wildman–Crippen LogP) is 3.57. The van der Waals surface area contributed by atoms with E-state index in [1.54, 1.807) is 18.7 Å². The molecule has 1 rings (SSSR count). The Kier molecular flexibility index (Phi) is 4.48. The van der Waals surface area contributed by atoms with Gasteiger partial charge in [0, 0.05) is 4.75 Å². The smallest absolute Gasteiger partial charge is 0.316 e. The zero-order valence-electron chi connectivity index (χ0n) is 10.6. The third-order valence-corrected chi connectivity index (χ3v) is 4.75. The van der Waals surface area contributed by atoms with Gasteiger partial charge < -0.3 is 5.11 Å². The van der Waals surface area contributed by atoms with Gasteiger partial charge in [0.2, 0.25) is 0 Å². The van der Waals surface area contributed by atoms with E-state index < -0.39 is 5.97 Å². The van der Waals surface area contributed by atoms with Crippen LogP contribution in [-0.4, -0.2) is 21.1 Å². The molecule has 3 heteroatoms. The maximum absolute atomic E-state index is 10.8. The number of rotatable bonds is 4. The molecule has 1 N–H and O–H groups in total. The summed E-state index contributed by atoms with van der Waals surface area (Å²) >= 11 is 1.56. The van der Waals surface area contributed by atoms with E-state index in [4.69, 9.17) is 5.11 Å². The van der Waals surface area contributed by atoms with E-state index in [0.717, 1.165) is 6.42 Å². The zero-order valence-corrected chi connectivity index (χ0v) is 11.4. The van der Waals surface area contributed by atoms with Crippen LogP contribution in [0.4, 0.5) is 0 Å². The third-order valence-electron chi connectivity index (χ3n) is 3.32. The Morgan fingerprint density at radius 2 is 2.12 bits per heavy atom. The van der Waals surface area contributed by atoms with Crippen molar-refractivity contribution in [3.8, 4) is 0 Å². The van der Waals surface area contributed by atoms with Gasteiger partial charge in [0.05, 0.1) is 0 Å². The molecule has 0 radical (unpaired) electrons. The molecular formula is C13H22O2S. The first kappa shape index (κ1) is 13.6. The highest BCUT2D eigenvalue weighted by atomic mass is 32.2. The molecule has 16 heavy (non-hydrogen) atoms. The number of allylic oxidation sites excluding steroid dienone is 1. The molecule has 3 atom stereocenters. The molecule has 1 aliphatic carbocycles. The summed E-state index contributed by atoms with van der Waals surface area (Å²) in [6, 6.07) is 0. The van der Waals surface area contributed by atoms with E-state index in [9.17, 15) is 4.79 Å². The fourth-order valence-corrected chi connectivity index (χ4v) is 3.37. The van der Waals surface area contributed by atoms with Crippen molar-refractivity contribution in [1.82, 2.24) is 0 Å². The molecule has 2 nitrogen and oxygen atoms in total. The molecule has 0 aliphatic heterocycles. The lowest BCUT2D eigenvalue weighted by Gasteiger charge is -2.34. The Bertz CT molecular complexity index is 286. The molecule has 92 valence electrons. The second kappa shape index (κ2) is 5.26. The molecule has 0 bridgehead atoms. The van der Waals surface area contributed by atoms with E-state index in [-0.39, 0.29) is 10.00 Å². The van der Waals surface area contributed by atoms with E-state index in [1.807, 2.05) is 0 Å². The number of thioether (sulfide) groups is 1. The molecule has 0 spiro atoms. The van der Waals surface area contributed by atoms with Crippen LogP contribution < -0.4 is 0 Å². The Hall–Kier alpha value is -0.440. The quantitative estimate of drug-likeness (QED) is 0.766. The van der Waals surface area contributed by atoms with E-state index in [0.29, 0.717) is 11.8 Å². The first-order valence-electron chi connectivity index (χ1n) is 5.94. The van der Waals surface area contributed by atoms with Crippen molar-refractivity contribution in [2.24, 2.45) is 11.8 Å². The van der Waals surface area contributed by atoms with Crippen LogP contribution in [0, 0.1) is 11.8 Å². The van der Waals surface area contributed by atoms with Crippen molar-refractivity contribution < 1.29 is 9.90 Å². The standard InChI is InChI=1S/C13H22O2S/c1-9(2)11-5-7-13(4,8-6-11)16-10(3)12(14)15/h5,7,9-11H,6,8H2,1-4H3,(H,14,15). The zero-order chi connectivity index (χ0) is 12.3. The molecule has 0 aromatic heterocycles. The summed E-state index contributed by atoms with van der Waals surface area (Å²) in [4.78, 5) is 10.8. The Morgan fingerprint density at radius 1 is 1.50 bits per heavy atom. The van der Waals surface area contributed by atoms with Gasteiger partial charge in [0.15, 0.2) is 0 Å². The van der Waals surface area contributed by atoms with Crippen LogP contribution in [0.25, 0.3) is 0 Å². The molecule has 0 saturated heterocycles. The number of hydrogen-bond acceptors (Lipinski definition) is 2. The van der Waals surface area contributed by atoms with Crippen molar-refractivity contribution in [3.63, 3.8) is 0 Å². The first-order valence-corrected chi connectivity index (χ1v) is 6.82. The van der Waals surface area contributed by atoms with Gasteiger partial charge in [-0.15, -0.1) is 11.8 Å². The number of hydrogen-bond donors (Lipinski definition) is 1. The highest BCUT2D eigenvalue weighted by molar-refractivity contribution is 8.02. The molecule has 0 heterocycles. The highest BCUT2D eigenvalue weighted by Crippen LogP contribution is 2.40. The summed E-state index contributed by atoms with van der Waals surface area (Å²) in [6.45, 7) is 8.39. The molecule has 0 fully saturated rings. The Morgan fingerprint density at radius 3 is 2.50 bits per heavy atom. The molecule has 0 aromatic carbocycles. The van der Waals surface area contributed by atoms with E-state index >= 15 is 0 Å². The first-order chi connectivity index (χ1) is 7.34. The summed E-state index contributed by atoms with van der Waals surface area (Å²) in [7, 11) is 0. The van der Waals surface area contributed by atoms with E-state index in [2.05, 4.69) is 32.9 Å². The fourth-order valence-electron chi connectivity index (χ4n) is 2.07. The van der Waals surface area contributed by atoms with Gasteiger partial charge in [0.25, 0.3) is 0 Å². The van der Waals surface area contributed by atoms with Gasteiger partial charge in [-0.3, -0.25) is 4.79 Å². The second-order valence-electron chi connectivity index (χ2n) is 5.22. The molecule has 0 aromatic rings. The van der Waals surface area contributed by atoms with Gasteiger partial charge in [0.1, 0.15) is 5.25 Å². The molecule has 1 aliphatic rings. The van der Waals surface area contributed by atoms with Gasteiger partial charge >= 0.3 is 5.97 Å². The van der Waals surface area contributed by atoms with Crippen LogP contribution in [0.3, 0.4) is 0 Å². The van der Waals surface area contributed by atoms with Crippen LogP contribution in [0.15, 0.2) is 12.2 Å². The minimum Gasteiger partial charge on any atom is -0.480 e. The van der Waals surface area contributed by atoms with Crippen molar-refractivity contribution in [3.05, 3.63) is 12.2 Å². The van der Waals surface area contributed by atoms with Crippen molar-refractivity contribution in [2.75, 3.05) is 0 Å². The monoisotopic (exact) mass is 242 g/mol. The lowest BCUT2D eigenvalue weighted by Crippen LogP contribution is -2.28. The molecule has 0 amide bonds. The average molecular weight is 242 g/mol. The lowest BCUT2D eigenvalue weighted by atomic mass is 9.83. The number of aliphatic carboxylic acids is 1. The number of carbonyl (C=O) groups is 1. The summed E-state index contributed by atoms with van der Waals surface area (Å²) in [5, 5.41) is 8.59. The van der Waals surface area contributed by atoms with Crippen LogP contribution in [0.1, 0.15) is 40.5 Å². The second-order valence-corrected chi connectivity index (χ2v) is 7.09. The highest BCUT2D eigenvalue weighted by Gasteiger charge is 2.31. The number of carboxylic acid groups (broad SMARTS) is 1. The minimum atomic E-state index is -0.717. The summed E-state index contributed by atoms with van der Waals surface area (Å²) in [6.07, 6.45) is 6.74. The van der Waals surface area contributed by atoms with Crippen molar-refractivity contribution in [2.45, 2.75) is 50.5 Å². The van der Waals surface area contributed by atoms with Gasteiger partial charge in [-0.1, -0.05) is 26.0 Å². The predicted molar refractivity (Wildman–Crippen MR) is 69.8 cm³/mol. The molecular weight excluding hydrogens is 220 g/mol. The Labute approximate surface area is 103 Å². The van der Waals surface area contributed by atoms with Gasteiger partial charge in [-0.25, -0.2) is 0 Å². The molecule has 0 saturated carbocycles.